The summed E-state index contributed by atoms with van der Waals surface area (Å²) in [6.07, 6.45) is 1.62. The number of carbonyl (C=O) groups is 2. The fraction of sp³-hybridized carbons (Fsp3) is 0.818. The second-order valence-electron chi connectivity index (χ2n) is 4.15. The van der Waals surface area contributed by atoms with Crippen LogP contribution in [0.4, 0.5) is 0 Å². The summed E-state index contributed by atoms with van der Waals surface area (Å²) in [5.41, 5.74) is 5.49. The first-order valence-corrected chi connectivity index (χ1v) is 5.67. The first-order valence-electron chi connectivity index (χ1n) is 5.67. The quantitative estimate of drug-likeness (QED) is 0.596. The van der Waals surface area contributed by atoms with E-state index in [1.807, 2.05) is 6.92 Å². The number of hydrogen-bond donors (Lipinski definition) is 3. The van der Waals surface area contributed by atoms with Crippen molar-refractivity contribution in [2.24, 2.45) is 17.6 Å². The van der Waals surface area contributed by atoms with Crippen LogP contribution in [0.15, 0.2) is 0 Å². The van der Waals surface area contributed by atoms with Crippen molar-refractivity contribution in [1.29, 1.82) is 0 Å². The molecule has 94 valence electrons. The number of rotatable bonds is 7. The Hall–Kier alpha value is -1.10. The summed E-state index contributed by atoms with van der Waals surface area (Å²) in [7, 11) is 0. The molecule has 0 aliphatic heterocycles. The molecule has 0 rings (SSSR count). The molecule has 0 spiro atoms. The van der Waals surface area contributed by atoms with E-state index in [-0.39, 0.29) is 17.9 Å². The molecule has 4 N–H and O–H groups in total. The summed E-state index contributed by atoms with van der Waals surface area (Å²) in [6, 6.07) is -0.379. The Labute approximate surface area is 96.4 Å². The van der Waals surface area contributed by atoms with Gasteiger partial charge in [-0.05, 0) is 20.3 Å². The largest absolute Gasteiger partial charge is 0.481 e. The van der Waals surface area contributed by atoms with Crippen LogP contribution in [0.3, 0.4) is 0 Å². The van der Waals surface area contributed by atoms with Crippen molar-refractivity contribution in [2.45, 2.75) is 39.7 Å². The number of carbonyl (C=O) groups excluding carboxylic acids is 1. The maximum absolute atomic E-state index is 11.7. The topological polar surface area (TPSA) is 92.4 Å². The van der Waals surface area contributed by atoms with Gasteiger partial charge in [-0.2, -0.15) is 0 Å². The van der Waals surface area contributed by atoms with Gasteiger partial charge in [-0.15, -0.1) is 0 Å². The maximum atomic E-state index is 11.7. The van der Waals surface area contributed by atoms with Crippen molar-refractivity contribution >= 4 is 11.9 Å². The lowest BCUT2D eigenvalue weighted by Gasteiger charge is -2.21. The van der Waals surface area contributed by atoms with Crippen LogP contribution in [0.5, 0.6) is 0 Å². The van der Waals surface area contributed by atoms with Crippen LogP contribution in [0, 0.1) is 11.8 Å². The smallest absolute Gasteiger partial charge is 0.308 e. The van der Waals surface area contributed by atoms with Crippen LogP contribution < -0.4 is 11.1 Å². The first kappa shape index (κ1) is 14.9. The zero-order valence-electron chi connectivity index (χ0n) is 10.2. The van der Waals surface area contributed by atoms with Gasteiger partial charge in [0.05, 0.1) is 11.8 Å². The lowest BCUT2D eigenvalue weighted by molar-refractivity contribution is -0.142. The van der Waals surface area contributed by atoms with E-state index in [4.69, 9.17) is 10.8 Å². The molecule has 5 heteroatoms. The SMILES string of the molecule is CCCC(CN)C(=O)NC(C)C(C)C(=O)O. The number of nitrogens with one attached hydrogen (secondary N) is 1. The van der Waals surface area contributed by atoms with Crippen LogP contribution in [-0.2, 0) is 9.59 Å². The lowest BCUT2D eigenvalue weighted by atomic mass is 10.00. The Morgan fingerprint density at radius 1 is 1.38 bits per heavy atom. The molecule has 1 amide bonds. The molecule has 0 aliphatic rings. The number of amides is 1. The van der Waals surface area contributed by atoms with Gasteiger partial charge in [-0.3, -0.25) is 9.59 Å². The molecule has 3 atom stereocenters. The van der Waals surface area contributed by atoms with Crippen molar-refractivity contribution in [3.8, 4) is 0 Å². The van der Waals surface area contributed by atoms with Gasteiger partial charge < -0.3 is 16.2 Å². The molecule has 0 saturated carbocycles. The third-order valence-corrected chi connectivity index (χ3v) is 2.80. The predicted molar refractivity (Wildman–Crippen MR) is 61.9 cm³/mol. The van der Waals surface area contributed by atoms with E-state index < -0.39 is 11.9 Å². The first-order chi connectivity index (χ1) is 7.43. The molecule has 0 aromatic rings. The molecule has 0 aliphatic carbocycles. The molecule has 16 heavy (non-hydrogen) atoms. The molecule has 0 bridgehead atoms. The van der Waals surface area contributed by atoms with Gasteiger partial charge >= 0.3 is 5.97 Å². The predicted octanol–water partition coefficient (Wildman–Crippen LogP) is 0.587. The van der Waals surface area contributed by atoms with Crippen LogP contribution in [-0.4, -0.2) is 29.6 Å². The Morgan fingerprint density at radius 2 is 1.94 bits per heavy atom. The van der Waals surface area contributed by atoms with Crippen molar-refractivity contribution in [3.63, 3.8) is 0 Å². The third kappa shape index (κ3) is 4.61. The van der Waals surface area contributed by atoms with Gasteiger partial charge in [0.1, 0.15) is 0 Å². The summed E-state index contributed by atoms with van der Waals surface area (Å²) >= 11 is 0. The molecular formula is C11H22N2O3. The van der Waals surface area contributed by atoms with Crippen LogP contribution in [0.1, 0.15) is 33.6 Å². The minimum Gasteiger partial charge on any atom is -0.481 e. The van der Waals surface area contributed by atoms with Gasteiger partial charge in [0.2, 0.25) is 5.91 Å². The van der Waals surface area contributed by atoms with E-state index in [1.165, 1.54) is 0 Å². The second-order valence-corrected chi connectivity index (χ2v) is 4.15. The van der Waals surface area contributed by atoms with Crippen LogP contribution in [0.2, 0.25) is 0 Å². The number of aliphatic carboxylic acids is 1. The Morgan fingerprint density at radius 3 is 2.31 bits per heavy atom. The zero-order valence-corrected chi connectivity index (χ0v) is 10.2. The number of carboxylic acid groups (broad SMARTS) is 1. The van der Waals surface area contributed by atoms with Crippen molar-refractivity contribution in [1.82, 2.24) is 5.32 Å². The van der Waals surface area contributed by atoms with Gasteiger partial charge in [-0.1, -0.05) is 13.3 Å². The van der Waals surface area contributed by atoms with Crippen molar-refractivity contribution in [2.75, 3.05) is 6.54 Å². The molecule has 0 fully saturated rings. The lowest BCUT2D eigenvalue weighted by Crippen LogP contribution is -2.44. The summed E-state index contributed by atoms with van der Waals surface area (Å²) in [4.78, 5) is 22.4. The van der Waals surface area contributed by atoms with E-state index in [9.17, 15) is 9.59 Å². The van der Waals surface area contributed by atoms with Gasteiger partial charge in [0.25, 0.3) is 0 Å². The summed E-state index contributed by atoms with van der Waals surface area (Å²) in [5.74, 6) is -1.87. The molecule has 0 aromatic heterocycles. The molecule has 5 nitrogen and oxygen atoms in total. The highest BCUT2D eigenvalue weighted by Gasteiger charge is 2.23. The highest BCUT2D eigenvalue weighted by molar-refractivity contribution is 5.80. The summed E-state index contributed by atoms with van der Waals surface area (Å²) in [6.45, 7) is 5.55. The second kappa shape index (κ2) is 7.22. The number of hydrogen-bond acceptors (Lipinski definition) is 3. The Balaban J connectivity index is 4.26. The zero-order chi connectivity index (χ0) is 12.7. The molecule has 0 heterocycles. The number of nitrogens with two attached hydrogens (primary N) is 1. The van der Waals surface area contributed by atoms with Gasteiger partial charge in [0, 0.05) is 12.6 Å². The minimum atomic E-state index is -0.910. The molecular weight excluding hydrogens is 208 g/mol. The number of carboxylic acids is 1. The van der Waals surface area contributed by atoms with Gasteiger partial charge in [-0.25, -0.2) is 0 Å². The highest BCUT2D eigenvalue weighted by atomic mass is 16.4. The Kier molecular flexibility index (Phi) is 6.72. The summed E-state index contributed by atoms with van der Waals surface area (Å²) < 4.78 is 0. The fourth-order valence-corrected chi connectivity index (χ4v) is 1.39. The van der Waals surface area contributed by atoms with E-state index >= 15 is 0 Å². The average molecular weight is 230 g/mol. The average Bonchev–Trinajstić information content (AvgIpc) is 2.24. The molecule has 0 saturated heterocycles. The van der Waals surface area contributed by atoms with E-state index in [0.29, 0.717) is 6.54 Å². The van der Waals surface area contributed by atoms with Gasteiger partial charge in [0.15, 0.2) is 0 Å². The summed E-state index contributed by atoms with van der Waals surface area (Å²) in [5, 5.41) is 11.5. The van der Waals surface area contributed by atoms with E-state index in [2.05, 4.69) is 5.32 Å². The normalized spacial score (nSPS) is 16.2. The Bertz CT molecular complexity index is 243. The monoisotopic (exact) mass is 230 g/mol. The van der Waals surface area contributed by atoms with Crippen molar-refractivity contribution < 1.29 is 14.7 Å². The maximum Gasteiger partial charge on any atom is 0.308 e. The van der Waals surface area contributed by atoms with Crippen LogP contribution >= 0.6 is 0 Å². The minimum absolute atomic E-state index is 0.148. The molecule has 3 unspecified atom stereocenters. The van der Waals surface area contributed by atoms with Crippen LogP contribution in [0.25, 0.3) is 0 Å². The van der Waals surface area contributed by atoms with Crippen molar-refractivity contribution in [3.05, 3.63) is 0 Å². The van der Waals surface area contributed by atoms with E-state index in [0.717, 1.165) is 12.8 Å². The highest BCUT2D eigenvalue weighted by Crippen LogP contribution is 2.08. The standard InChI is InChI=1S/C11H22N2O3/c1-4-5-9(6-12)10(14)13-8(3)7(2)11(15)16/h7-9H,4-6,12H2,1-3H3,(H,13,14)(H,15,16). The van der Waals surface area contributed by atoms with E-state index in [1.54, 1.807) is 13.8 Å². The fourth-order valence-electron chi connectivity index (χ4n) is 1.39. The third-order valence-electron chi connectivity index (χ3n) is 2.80. The molecule has 0 radical (unpaired) electrons. The molecule has 0 aromatic carbocycles.